The third-order valence-electron chi connectivity index (χ3n) is 5.12. The summed E-state index contributed by atoms with van der Waals surface area (Å²) < 4.78 is 1.07. The molecular weight excluding hydrogens is 298 g/mol. The number of carboxylic acids is 1. The van der Waals surface area contributed by atoms with Gasteiger partial charge in [-0.05, 0) is 30.7 Å². The standard InChI is InChI=1S/C17H17NO3S/c19-16(13-9-22-14-7-2-1-5-12(13)14)18-8-10-4-3-6-11(10)15(18)17(20)21/h1-2,5,7,9-11,15H,3-4,6,8H2,(H,20,21). The highest BCUT2D eigenvalue weighted by atomic mass is 32.1. The second-order valence-electron chi connectivity index (χ2n) is 6.24. The van der Waals surface area contributed by atoms with Gasteiger partial charge >= 0.3 is 5.97 Å². The average molecular weight is 315 g/mol. The Bertz CT molecular complexity index is 753. The number of rotatable bonds is 2. The van der Waals surface area contributed by atoms with E-state index in [1.54, 1.807) is 4.90 Å². The first-order valence-electron chi connectivity index (χ1n) is 7.67. The molecule has 1 aliphatic carbocycles. The van der Waals surface area contributed by atoms with Crippen molar-refractivity contribution in [3.8, 4) is 0 Å². The Morgan fingerprint density at radius 3 is 2.86 bits per heavy atom. The number of nitrogens with zero attached hydrogens (tertiary/aromatic N) is 1. The van der Waals surface area contributed by atoms with Crippen molar-refractivity contribution >= 4 is 33.3 Å². The first-order valence-corrected chi connectivity index (χ1v) is 8.55. The number of likely N-dealkylation sites (tertiary alicyclic amines) is 1. The summed E-state index contributed by atoms with van der Waals surface area (Å²) in [6.45, 7) is 0.588. The Morgan fingerprint density at radius 1 is 1.23 bits per heavy atom. The van der Waals surface area contributed by atoms with E-state index in [1.165, 1.54) is 11.3 Å². The Kier molecular flexibility index (Phi) is 3.18. The molecule has 1 aromatic carbocycles. The Morgan fingerprint density at radius 2 is 2.05 bits per heavy atom. The molecule has 4 rings (SSSR count). The van der Waals surface area contributed by atoms with Crippen molar-refractivity contribution in [1.82, 2.24) is 4.90 Å². The van der Waals surface area contributed by atoms with Gasteiger partial charge in [0.05, 0.1) is 5.56 Å². The highest BCUT2D eigenvalue weighted by Gasteiger charge is 2.49. The van der Waals surface area contributed by atoms with Gasteiger partial charge in [-0.15, -0.1) is 11.3 Å². The van der Waals surface area contributed by atoms with Gasteiger partial charge in [0.15, 0.2) is 0 Å². The molecule has 4 nitrogen and oxygen atoms in total. The van der Waals surface area contributed by atoms with E-state index in [4.69, 9.17) is 0 Å². The zero-order chi connectivity index (χ0) is 15.3. The number of aliphatic carboxylic acids is 1. The quantitative estimate of drug-likeness (QED) is 0.925. The van der Waals surface area contributed by atoms with Gasteiger partial charge in [-0.1, -0.05) is 24.6 Å². The predicted octanol–water partition coefficient (Wildman–Crippen LogP) is 3.23. The lowest BCUT2D eigenvalue weighted by Gasteiger charge is -2.24. The van der Waals surface area contributed by atoms with Crippen LogP contribution in [-0.4, -0.2) is 34.5 Å². The van der Waals surface area contributed by atoms with E-state index in [0.717, 1.165) is 29.3 Å². The smallest absolute Gasteiger partial charge is 0.326 e. The molecular formula is C17H17NO3S. The highest BCUT2D eigenvalue weighted by molar-refractivity contribution is 7.17. The molecule has 2 aromatic rings. The van der Waals surface area contributed by atoms with Crippen molar-refractivity contribution < 1.29 is 14.7 Å². The lowest BCUT2D eigenvalue weighted by Crippen LogP contribution is -2.43. The van der Waals surface area contributed by atoms with Crippen LogP contribution in [0.4, 0.5) is 0 Å². The van der Waals surface area contributed by atoms with E-state index < -0.39 is 12.0 Å². The number of amides is 1. The summed E-state index contributed by atoms with van der Waals surface area (Å²) >= 11 is 1.54. The van der Waals surface area contributed by atoms with Crippen molar-refractivity contribution in [2.75, 3.05) is 6.54 Å². The van der Waals surface area contributed by atoms with E-state index >= 15 is 0 Å². The van der Waals surface area contributed by atoms with Crippen LogP contribution in [0.1, 0.15) is 29.6 Å². The van der Waals surface area contributed by atoms with E-state index in [0.29, 0.717) is 18.0 Å². The molecule has 22 heavy (non-hydrogen) atoms. The van der Waals surface area contributed by atoms with Crippen molar-refractivity contribution in [2.24, 2.45) is 11.8 Å². The minimum atomic E-state index is -0.859. The maximum atomic E-state index is 12.9. The molecule has 3 atom stereocenters. The summed E-state index contributed by atoms with van der Waals surface area (Å²) in [7, 11) is 0. The summed E-state index contributed by atoms with van der Waals surface area (Å²) in [5, 5.41) is 12.4. The second kappa shape index (κ2) is 5.09. The number of carbonyl (C=O) groups excluding carboxylic acids is 1. The molecule has 2 aliphatic rings. The fourth-order valence-electron chi connectivity index (χ4n) is 4.13. The molecule has 0 bridgehead atoms. The Balaban J connectivity index is 1.71. The summed E-state index contributed by atoms with van der Waals surface area (Å²) in [5.74, 6) is -0.497. The van der Waals surface area contributed by atoms with Gasteiger partial charge in [0.1, 0.15) is 6.04 Å². The summed E-state index contributed by atoms with van der Waals surface area (Å²) in [6, 6.07) is 7.14. The molecule has 1 N–H and O–H groups in total. The molecule has 5 heteroatoms. The molecule has 2 heterocycles. The normalized spacial score (nSPS) is 27.3. The molecule has 0 radical (unpaired) electrons. The van der Waals surface area contributed by atoms with Gasteiger partial charge in [-0.3, -0.25) is 4.79 Å². The van der Waals surface area contributed by atoms with Crippen LogP contribution in [0.15, 0.2) is 29.6 Å². The van der Waals surface area contributed by atoms with Crippen molar-refractivity contribution in [1.29, 1.82) is 0 Å². The molecule has 3 unspecified atom stereocenters. The summed E-state index contributed by atoms with van der Waals surface area (Å²) in [5.41, 5.74) is 0.645. The van der Waals surface area contributed by atoms with Gasteiger partial charge in [0.25, 0.3) is 5.91 Å². The number of hydrogen-bond donors (Lipinski definition) is 1. The van der Waals surface area contributed by atoms with Crippen LogP contribution < -0.4 is 0 Å². The van der Waals surface area contributed by atoms with E-state index in [9.17, 15) is 14.7 Å². The number of hydrogen-bond acceptors (Lipinski definition) is 3. The summed E-state index contributed by atoms with van der Waals surface area (Å²) in [6.07, 6.45) is 3.06. The zero-order valence-electron chi connectivity index (χ0n) is 12.1. The molecule has 2 fully saturated rings. The van der Waals surface area contributed by atoms with E-state index in [1.807, 2.05) is 29.6 Å². The maximum absolute atomic E-state index is 12.9. The Hall–Kier alpha value is -1.88. The minimum absolute atomic E-state index is 0.126. The SMILES string of the molecule is O=C(O)C1C2CCCC2CN1C(=O)c1csc2ccccc12. The van der Waals surface area contributed by atoms with Crippen LogP contribution in [0.3, 0.4) is 0 Å². The van der Waals surface area contributed by atoms with Crippen LogP contribution in [0.2, 0.25) is 0 Å². The van der Waals surface area contributed by atoms with Crippen LogP contribution in [0.5, 0.6) is 0 Å². The van der Waals surface area contributed by atoms with Crippen LogP contribution in [-0.2, 0) is 4.79 Å². The lowest BCUT2D eigenvalue weighted by atomic mass is 9.94. The number of carbonyl (C=O) groups is 2. The van der Waals surface area contributed by atoms with Crippen LogP contribution >= 0.6 is 11.3 Å². The highest BCUT2D eigenvalue weighted by Crippen LogP contribution is 2.43. The van der Waals surface area contributed by atoms with Gasteiger partial charge in [-0.2, -0.15) is 0 Å². The van der Waals surface area contributed by atoms with Crippen molar-refractivity contribution in [2.45, 2.75) is 25.3 Å². The number of thiophene rings is 1. The fraction of sp³-hybridized carbons (Fsp3) is 0.412. The topological polar surface area (TPSA) is 57.6 Å². The lowest BCUT2D eigenvalue weighted by molar-refractivity contribution is -0.142. The van der Waals surface area contributed by atoms with E-state index in [2.05, 4.69) is 0 Å². The van der Waals surface area contributed by atoms with Crippen LogP contribution in [0.25, 0.3) is 10.1 Å². The molecule has 1 aromatic heterocycles. The largest absolute Gasteiger partial charge is 0.480 e. The van der Waals surface area contributed by atoms with Gasteiger partial charge < -0.3 is 10.0 Å². The van der Waals surface area contributed by atoms with Gasteiger partial charge in [-0.25, -0.2) is 4.79 Å². The molecule has 1 saturated carbocycles. The molecule has 0 spiro atoms. The minimum Gasteiger partial charge on any atom is -0.480 e. The maximum Gasteiger partial charge on any atom is 0.326 e. The summed E-state index contributed by atoms with van der Waals surface area (Å²) in [4.78, 5) is 26.2. The first kappa shape index (κ1) is 13.8. The van der Waals surface area contributed by atoms with Crippen LogP contribution in [0, 0.1) is 11.8 Å². The first-order chi connectivity index (χ1) is 10.7. The zero-order valence-corrected chi connectivity index (χ0v) is 12.9. The monoisotopic (exact) mass is 315 g/mol. The van der Waals surface area contributed by atoms with E-state index in [-0.39, 0.29) is 11.8 Å². The third-order valence-corrected chi connectivity index (χ3v) is 6.08. The molecule has 1 aliphatic heterocycles. The Labute approximate surface area is 132 Å². The van der Waals surface area contributed by atoms with Gasteiger partial charge in [0, 0.05) is 22.0 Å². The fourth-order valence-corrected chi connectivity index (χ4v) is 5.06. The molecule has 114 valence electrons. The molecule has 1 saturated heterocycles. The number of fused-ring (bicyclic) bond motifs is 2. The average Bonchev–Trinajstić information content (AvgIpc) is 3.19. The number of benzene rings is 1. The van der Waals surface area contributed by atoms with Crippen molar-refractivity contribution in [3.63, 3.8) is 0 Å². The second-order valence-corrected chi connectivity index (χ2v) is 7.15. The molecule has 1 amide bonds. The van der Waals surface area contributed by atoms with Crippen molar-refractivity contribution in [3.05, 3.63) is 35.2 Å². The van der Waals surface area contributed by atoms with Gasteiger partial charge in [0.2, 0.25) is 0 Å². The third kappa shape index (κ3) is 1.96. The predicted molar refractivity (Wildman–Crippen MR) is 85.1 cm³/mol. The number of carboxylic acid groups (broad SMARTS) is 1.